The average Bonchev–Trinajstić information content (AvgIpc) is 3.38. The van der Waals surface area contributed by atoms with Gasteiger partial charge in [0.05, 0.1) is 16.3 Å². The van der Waals surface area contributed by atoms with Crippen LogP contribution < -0.4 is 10.6 Å². The second kappa shape index (κ2) is 7.10. The van der Waals surface area contributed by atoms with Crippen LogP contribution in [0.5, 0.6) is 0 Å². The van der Waals surface area contributed by atoms with E-state index in [1.165, 1.54) is 0 Å². The summed E-state index contributed by atoms with van der Waals surface area (Å²) in [6.07, 6.45) is 1.24. The maximum Gasteiger partial charge on any atom is 0.416 e. The minimum absolute atomic E-state index is 0.00478. The number of hydrogen-bond donors (Lipinski definition) is 2. The molecule has 0 spiro atoms. The van der Waals surface area contributed by atoms with Gasteiger partial charge in [-0.15, -0.1) is 0 Å². The zero-order valence-electron chi connectivity index (χ0n) is 14.1. The molecule has 2 amide bonds. The third-order valence-corrected chi connectivity index (χ3v) is 5.43. The topological polar surface area (TPSA) is 58.2 Å². The summed E-state index contributed by atoms with van der Waals surface area (Å²) in [5, 5.41) is 5.33. The monoisotopic (exact) mass is 388 g/mol. The molecule has 2 N–H and O–H groups in total. The molecule has 0 unspecified atom stereocenters. The Morgan fingerprint density at radius 1 is 1.08 bits per heavy atom. The molecule has 3 rings (SSSR count). The van der Waals surface area contributed by atoms with Crippen molar-refractivity contribution in [2.24, 2.45) is 5.41 Å². The fourth-order valence-electron chi connectivity index (χ4n) is 3.29. The van der Waals surface area contributed by atoms with Crippen molar-refractivity contribution in [3.63, 3.8) is 0 Å². The zero-order valence-corrected chi connectivity index (χ0v) is 14.8. The summed E-state index contributed by atoms with van der Waals surface area (Å²) in [4.78, 5) is 25.1. The van der Waals surface area contributed by atoms with Gasteiger partial charge in [-0.25, -0.2) is 0 Å². The van der Waals surface area contributed by atoms with Crippen LogP contribution in [0.2, 0.25) is 5.02 Å². The Labute approximate surface area is 154 Å². The lowest BCUT2D eigenvalue weighted by molar-refractivity contribution is -0.138. The predicted molar refractivity (Wildman–Crippen MR) is 91.8 cm³/mol. The lowest BCUT2D eigenvalue weighted by Gasteiger charge is -2.25. The van der Waals surface area contributed by atoms with E-state index in [0.717, 1.165) is 50.3 Å². The molecule has 0 aliphatic heterocycles. The van der Waals surface area contributed by atoms with Crippen molar-refractivity contribution < 1.29 is 22.8 Å². The highest BCUT2D eigenvalue weighted by Crippen LogP contribution is 2.47. The first-order valence-electron chi connectivity index (χ1n) is 8.71. The predicted octanol–water partition coefficient (Wildman–Crippen LogP) is 4.53. The van der Waals surface area contributed by atoms with Crippen molar-refractivity contribution in [3.8, 4) is 0 Å². The Morgan fingerprint density at radius 2 is 1.73 bits per heavy atom. The minimum Gasteiger partial charge on any atom is -0.352 e. The molecule has 2 saturated carbocycles. The molecule has 1 aromatic rings. The first-order chi connectivity index (χ1) is 12.2. The Balaban J connectivity index is 1.70. The van der Waals surface area contributed by atoms with Gasteiger partial charge in [0, 0.05) is 6.04 Å². The molecule has 2 fully saturated rings. The van der Waals surface area contributed by atoms with E-state index in [1.807, 2.05) is 0 Å². The summed E-state index contributed by atoms with van der Waals surface area (Å²) in [6, 6.07) is 2.79. The van der Waals surface area contributed by atoms with Crippen LogP contribution in [0.3, 0.4) is 0 Å². The summed E-state index contributed by atoms with van der Waals surface area (Å²) in [5.41, 5.74) is -2.24. The Morgan fingerprint density at radius 3 is 2.31 bits per heavy atom. The molecule has 0 aromatic heterocycles. The number of anilines is 1. The summed E-state index contributed by atoms with van der Waals surface area (Å²) in [7, 11) is 0. The molecular formula is C18H20ClF3N2O2. The van der Waals surface area contributed by atoms with E-state index in [9.17, 15) is 22.8 Å². The third kappa shape index (κ3) is 3.98. The summed E-state index contributed by atoms with van der Waals surface area (Å²) in [6.45, 7) is 0. The van der Waals surface area contributed by atoms with E-state index in [0.29, 0.717) is 12.8 Å². The van der Waals surface area contributed by atoms with Crippen LogP contribution in [-0.4, -0.2) is 17.9 Å². The molecule has 0 heterocycles. The van der Waals surface area contributed by atoms with Gasteiger partial charge in [-0.1, -0.05) is 30.9 Å². The number of carbonyl (C=O) groups is 2. The summed E-state index contributed by atoms with van der Waals surface area (Å²) >= 11 is 5.91. The third-order valence-electron chi connectivity index (χ3n) is 5.10. The molecule has 142 valence electrons. The number of rotatable bonds is 4. The van der Waals surface area contributed by atoms with Gasteiger partial charge in [-0.05, 0) is 43.9 Å². The van der Waals surface area contributed by atoms with E-state index in [-0.39, 0.29) is 22.7 Å². The fraction of sp³-hybridized carbons (Fsp3) is 0.556. The van der Waals surface area contributed by atoms with E-state index in [4.69, 9.17) is 11.6 Å². The molecular weight excluding hydrogens is 369 g/mol. The van der Waals surface area contributed by atoms with Gasteiger partial charge in [0.2, 0.25) is 11.8 Å². The van der Waals surface area contributed by atoms with E-state index in [2.05, 4.69) is 10.6 Å². The zero-order chi connectivity index (χ0) is 18.9. The van der Waals surface area contributed by atoms with Crippen LogP contribution in [-0.2, 0) is 15.8 Å². The molecule has 26 heavy (non-hydrogen) atoms. The van der Waals surface area contributed by atoms with Crippen LogP contribution in [0.25, 0.3) is 0 Å². The molecule has 0 atom stereocenters. The number of alkyl halides is 3. The van der Waals surface area contributed by atoms with Gasteiger partial charge >= 0.3 is 6.18 Å². The Kier molecular flexibility index (Phi) is 5.19. The smallest absolute Gasteiger partial charge is 0.352 e. The number of benzene rings is 1. The number of halogens is 4. The van der Waals surface area contributed by atoms with Crippen LogP contribution in [0.4, 0.5) is 18.9 Å². The van der Waals surface area contributed by atoms with Crippen LogP contribution >= 0.6 is 11.6 Å². The lowest BCUT2D eigenvalue weighted by atomic mass is 9.94. The standard InChI is InChI=1S/C18H20ClF3N2O2/c19-13-7-6-11(18(20,21)22)10-14(13)24-16(26)17(8-9-17)15(25)23-12-4-2-1-3-5-12/h6-7,10,12H,1-5,8-9H2,(H,23,25)(H,24,26). The van der Waals surface area contributed by atoms with Gasteiger partial charge in [-0.2, -0.15) is 13.2 Å². The number of hydrogen-bond acceptors (Lipinski definition) is 2. The molecule has 8 heteroatoms. The SMILES string of the molecule is O=C(Nc1cc(C(F)(F)F)ccc1Cl)C1(C(=O)NC2CCCCC2)CC1. The maximum atomic E-state index is 12.9. The highest BCUT2D eigenvalue weighted by atomic mass is 35.5. The quantitative estimate of drug-likeness (QED) is 0.745. The van der Waals surface area contributed by atoms with E-state index in [1.54, 1.807) is 0 Å². The number of amides is 2. The second-order valence-corrected chi connectivity index (χ2v) is 7.44. The summed E-state index contributed by atoms with van der Waals surface area (Å²) < 4.78 is 38.6. The molecule has 4 nitrogen and oxygen atoms in total. The van der Waals surface area contributed by atoms with E-state index < -0.39 is 23.1 Å². The van der Waals surface area contributed by atoms with Crippen LogP contribution in [0.1, 0.15) is 50.5 Å². The van der Waals surface area contributed by atoms with Crippen LogP contribution in [0.15, 0.2) is 18.2 Å². The molecule has 0 radical (unpaired) electrons. The first kappa shape index (κ1) is 19.0. The van der Waals surface area contributed by atoms with Crippen molar-refractivity contribution in [2.45, 2.75) is 57.2 Å². The Hall–Kier alpha value is -1.76. The van der Waals surface area contributed by atoms with Crippen molar-refractivity contribution in [2.75, 3.05) is 5.32 Å². The highest BCUT2D eigenvalue weighted by molar-refractivity contribution is 6.34. The maximum absolute atomic E-state index is 12.9. The van der Waals surface area contributed by atoms with Crippen molar-refractivity contribution in [3.05, 3.63) is 28.8 Å². The number of carbonyl (C=O) groups excluding carboxylic acids is 2. The fourth-order valence-corrected chi connectivity index (χ4v) is 3.46. The second-order valence-electron chi connectivity index (χ2n) is 7.04. The molecule has 0 saturated heterocycles. The Bertz CT molecular complexity index is 711. The largest absolute Gasteiger partial charge is 0.416 e. The van der Waals surface area contributed by atoms with Gasteiger partial charge in [0.15, 0.2) is 0 Å². The minimum atomic E-state index is -4.54. The average molecular weight is 389 g/mol. The van der Waals surface area contributed by atoms with Crippen molar-refractivity contribution in [1.29, 1.82) is 0 Å². The van der Waals surface area contributed by atoms with Crippen LogP contribution in [0, 0.1) is 5.41 Å². The van der Waals surface area contributed by atoms with Crippen molar-refractivity contribution in [1.82, 2.24) is 5.32 Å². The first-order valence-corrected chi connectivity index (χ1v) is 9.09. The van der Waals surface area contributed by atoms with Gasteiger partial charge in [0.25, 0.3) is 0 Å². The number of nitrogens with one attached hydrogen (secondary N) is 2. The van der Waals surface area contributed by atoms with Gasteiger partial charge in [-0.3, -0.25) is 9.59 Å². The van der Waals surface area contributed by atoms with Gasteiger partial charge in [0.1, 0.15) is 5.41 Å². The lowest BCUT2D eigenvalue weighted by Crippen LogP contribution is -2.45. The van der Waals surface area contributed by atoms with E-state index >= 15 is 0 Å². The molecule has 2 aliphatic rings. The normalized spacial score (nSPS) is 19.7. The summed E-state index contributed by atoms with van der Waals surface area (Å²) in [5.74, 6) is -0.947. The molecule has 2 aliphatic carbocycles. The van der Waals surface area contributed by atoms with Crippen molar-refractivity contribution >= 4 is 29.1 Å². The molecule has 1 aromatic carbocycles. The molecule has 0 bridgehead atoms. The highest BCUT2D eigenvalue weighted by Gasteiger charge is 2.57. The van der Waals surface area contributed by atoms with Gasteiger partial charge < -0.3 is 10.6 Å².